The van der Waals surface area contributed by atoms with E-state index in [0.717, 1.165) is 18.4 Å². The van der Waals surface area contributed by atoms with Gasteiger partial charge < -0.3 is 5.32 Å². The molecule has 1 fully saturated rings. The maximum absolute atomic E-state index is 12.2. The van der Waals surface area contributed by atoms with E-state index in [1.54, 1.807) is 18.3 Å². The maximum Gasteiger partial charge on any atom is 0.258 e. The Bertz CT molecular complexity index is 528. The van der Waals surface area contributed by atoms with Crippen LogP contribution < -0.4 is 10.0 Å². The molecule has 0 spiro atoms. The number of hydrogen-bond donors (Lipinski definition) is 2. The van der Waals surface area contributed by atoms with Crippen molar-refractivity contribution >= 4 is 10.0 Å². The Morgan fingerprint density at radius 3 is 2.70 bits per heavy atom. The van der Waals surface area contributed by atoms with Gasteiger partial charge in [0, 0.05) is 19.3 Å². The van der Waals surface area contributed by atoms with Crippen molar-refractivity contribution in [3.8, 4) is 0 Å². The molecule has 1 aromatic heterocycles. The van der Waals surface area contributed by atoms with Crippen LogP contribution >= 0.6 is 0 Å². The molecule has 2 atom stereocenters. The molecule has 2 unspecified atom stereocenters. The summed E-state index contributed by atoms with van der Waals surface area (Å²) in [4.78, 5) is 4.04. The van der Waals surface area contributed by atoms with Gasteiger partial charge in [-0.1, -0.05) is 19.4 Å². The quantitative estimate of drug-likeness (QED) is 0.835. The predicted octanol–water partition coefficient (Wildman–Crippen LogP) is 1.52. The second kappa shape index (κ2) is 6.65. The summed E-state index contributed by atoms with van der Waals surface area (Å²) in [6.07, 6.45) is 5.02. The number of nitrogens with zero attached hydrogens (tertiary/aromatic N) is 1. The second-order valence-electron chi connectivity index (χ2n) is 5.67. The van der Waals surface area contributed by atoms with E-state index in [-0.39, 0.29) is 5.03 Å². The molecule has 0 bridgehead atoms. The zero-order chi connectivity index (χ0) is 14.6. The number of nitrogens with one attached hydrogen (secondary N) is 2. The van der Waals surface area contributed by atoms with Crippen molar-refractivity contribution in [2.75, 3.05) is 13.6 Å². The highest BCUT2D eigenvalue weighted by molar-refractivity contribution is 7.89. The Morgan fingerprint density at radius 2 is 2.15 bits per heavy atom. The average Bonchev–Trinajstić information content (AvgIpc) is 2.84. The number of hydrogen-bond acceptors (Lipinski definition) is 4. The topological polar surface area (TPSA) is 71.1 Å². The van der Waals surface area contributed by atoms with Crippen LogP contribution in [0.15, 0.2) is 23.4 Å². The fourth-order valence-corrected chi connectivity index (χ4v) is 3.73. The third kappa shape index (κ3) is 4.01. The van der Waals surface area contributed by atoms with E-state index in [0.29, 0.717) is 24.9 Å². The minimum Gasteiger partial charge on any atom is -0.316 e. The molecule has 20 heavy (non-hydrogen) atoms. The van der Waals surface area contributed by atoms with E-state index in [1.807, 2.05) is 7.05 Å². The molecule has 1 saturated carbocycles. The van der Waals surface area contributed by atoms with Crippen molar-refractivity contribution in [3.63, 3.8) is 0 Å². The van der Waals surface area contributed by atoms with Crippen LogP contribution in [-0.4, -0.2) is 27.0 Å². The van der Waals surface area contributed by atoms with Gasteiger partial charge in [0.2, 0.25) is 0 Å². The summed E-state index contributed by atoms with van der Waals surface area (Å²) in [6.45, 7) is 3.42. The van der Waals surface area contributed by atoms with Gasteiger partial charge in [-0.25, -0.2) is 18.1 Å². The van der Waals surface area contributed by atoms with Crippen molar-refractivity contribution in [3.05, 3.63) is 23.9 Å². The number of pyridine rings is 1. The van der Waals surface area contributed by atoms with E-state index in [4.69, 9.17) is 0 Å². The average molecular weight is 297 g/mol. The lowest BCUT2D eigenvalue weighted by molar-refractivity contribution is 0.497. The molecule has 0 amide bonds. The van der Waals surface area contributed by atoms with Crippen LogP contribution in [0.1, 0.15) is 31.7 Å². The van der Waals surface area contributed by atoms with Gasteiger partial charge in [0.15, 0.2) is 5.03 Å². The molecule has 2 N–H and O–H groups in total. The molecule has 1 aliphatic carbocycles. The molecule has 1 aromatic rings. The van der Waals surface area contributed by atoms with Crippen LogP contribution in [0, 0.1) is 11.8 Å². The number of rotatable bonds is 6. The Morgan fingerprint density at radius 1 is 1.35 bits per heavy atom. The van der Waals surface area contributed by atoms with E-state index < -0.39 is 10.0 Å². The summed E-state index contributed by atoms with van der Waals surface area (Å²) in [5.41, 5.74) is 0.969. The van der Waals surface area contributed by atoms with Crippen LogP contribution in [0.2, 0.25) is 0 Å². The first-order chi connectivity index (χ1) is 9.51. The van der Waals surface area contributed by atoms with Crippen molar-refractivity contribution in [2.45, 2.75) is 37.8 Å². The van der Waals surface area contributed by atoms with Crippen molar-refractivity contribution in [2.24, 2.45) is 11.8 Å². The first-order valence-corrected chi connectivity index (χ1v) is 8.59. The molecule has 5 nitrogen and oxygen atoms in total. The van der Waals surface area contributed by atoms with Crippen molar-refractivity contribution < 1.29 is 8.42 Å². The summed E-state index contributed by atoms with van der Waals surface area (Å²) in [7, 11) is -1.64. The Labute approximate surface area is 121 Å². The van der Waals surface area contributed by atoms with E-state index >= 15 is 0 Å². The summed E-state index contributed by atoms with van der Waals surface area (Å²) < 4.78 is 27.0. The van der Waals surface area contributed by atoms with E-state index in [1.165, 1.54) is 6.42 Å². The first kappa shape index (κ1) is 15.4. The molecule has 0 aliphatic heterocycles. The fourth-order valence-electron chi connectivity index (χ4n) is 2.69. The molecule has 0 saturated heterocycles. The van der Waals surface area contributed by atoms with Gasteiger partial charge in [-0.15, -0.1) is 0 Å². The maximum atomic E-state index is 12.2. The lowest BCUT2D eigenvalue weighted by Crippen LogP contribution is -2.29. The van der Waals surface area contributed by atoms with E-state index in [2.05, 4.69) is 21.9 Å². The van der Waals surface area contributed by atoms with Gasteiger partial charge in [0.25, 0.3) is 10.0 Å². The van der Waals surface area contributed by atoms with Gasteiger partial charge in [-0.2, -0.15) is 0 Å². The second-order valence-corrected chi connectivity index (χ2v) is 7.38. The van der Waals surface area contributed by atoms with Gasteiger partial charge in [-0.05, 0) is 43.4 Å². The number of aromatic nitrogens is 1. The zero-order valence-electron chi connectivity index (χ0n) is 12.1. The van der Waals surface area contributed by atoms with Crippen molar-refractivity contribution in [1.82, 2.24) is 15.0 Å². The molecule has 0 radical (unpaired) electrons. The minimum atomic E-state index is -3.48. The lowest BCUT2D eigenvalue weighted by atomic mass is 10.1. The van der Waals surface area contributed by atoms with Crippen LogP contribution in [0.3, 0.4) is 0 Å². The molecule has 2 rings (SSSR count). The Hall–Kier alpha value is -0.980. The monoisotopic (exact) mass is 297 g/mol. The predicted molar refractivity (Wildman–Crippen MR) is 78.7 cm³/mol. The van der Waals surface area contributed by atoms with Gasteiger partial charge in [-0.3, -0.25) is 0 Å². The van der Waals surface area contributed by atoms with Gasteiger partial charge >= 0.3 is 0 Å². The van der Waals surface area contributed by atoms with Crippen LogP contribution in [0.25, 0.3) is 0 Å². The molecule has 6 heteroatoms. The molecular formula is C14H23N3O2S. The highest BCUT2D eigenvalue weighted by Gasteiger charge is 2.24. The molecule has 112 valence electrons. The summed E-state index contributed by atoms with van der Waals surface area (Å²) in [5.74, 6) is 1.17. The highest BCUT2D eigenvalue weighted by Crippen LogP contribution is 2.29. The third-order valence-corrected chi connectivity index (χ3v) is 5.16. The molecule has 1 aliphatic rings. The fraction of sp³-hybridized carbons (Fsp3) is 0.643. The standard InChI is InChI=1S/C14H23N3O2S/c1-11-3-4-12(7-11)10-17-20(18,19)14-6-5-13(8-15-2)9-16-14/h5-6,9,11-12,15,17H,3-4,7-8,10H2,1-2H3. The van der Waals surface area contributed by atoms with E-state index in [9.17, 15) is 8.42 Å². The van der Waals surface area contributed by atoms with Gasteiger partial charge in [0.05, 0.1) is 0 Å². The molecule has 0 aromatic carbocycles. The largest absolute Gasteiger partial charge is 0.316 e. The SMILES string of the molecule is CNCc1ccc(S(=O)(=O)NCC2CCC(C)C2)nc1. The third-order valence-electron chi connectivity index (χ3n) is 3.82. The smallest absolute Gasteiger partial charge is 0.258 e. The number of sulfonamides is 1. The highest BCUT2D eigenvalue weighted by atomic mass is 32.2. The Balaban J connectivity index is 1.95. The lowest BCUT2D eigenvalue weighted by Gasteiger charge is -2.11. The zero-order valence-corrected chi connectivity index (χ0v) is 12.9. The van der Waals surface area contributed by atoms with Crippen molar-refractivity contribution in [1.29, 1.82) is 0 Å². The van der Waals surface area contributed by atoms with Gasteiger partial charge in [0.1, 0.15) is 0 Å². The summed E-state index contributed by atoms with van der Waals surface area (Å²) >= 11 is 0. The van der Waals surface area contributed by atoms with Crippen LogP contribution in [0.4, 0.5) is 0 Å². The summed E-state index contributed by atoms with van der Waals surface area (Å²) in [5, 5.41) is 3.10. The normalized spacial score (nSPS) is 23.1. The molecule has 1 heterocycles. The van der Waals surface area contributed by atoms with Crippen LogP contribution in [0.5, 0.6) is 0 Å². The minimum absolute atomic E-state index is 0.100. The summed E-state index contributed by atoms with van der Waals surface area (Å²) in [6, 6.07) is 3.35. The Kier molecular flexibility index (Phi) is 5.12. The van der Waals surface area contributed by atoms with Crippen LogP contribution in [-0.2, 0) is 16.6 Å². The first-order valence-electron chi connectivity index (χ1n) is 7.10. The molecular weight excluding hydrogens is 274 g/mol.